The van der Waals surface area contributed by atoms with Gasteiger partial charge < -0.3 is 0 Å². The molecule has 0 unspecified atom stereocenters. The Kier molecular flexibility index (Phi) is 2.08. The summed E-state index contributed by atoms with van der Waals surface area (Å²) in [7, 11) is 0. The summed E-state index contributed by atoms with van der Waals surface area (Å²) < 4.78 is 1.75. The van der Waals surface area contributed by atoms with E-state index in [-0.39, 0.29) is 0 Å². The van der Waals surface area contributed by atoms with Crippen LogP contribution in [0.5, 0.6) is 0 Å². The fraction of sp³-hybridized carbons (Fsp3) is 0. The molecular weight excluding hydrogens is 236 g/mol. The normalized spacial score (nSPS) is 11.2. The Bertz CT molecular complexity index is 866. The van der Waals surface area contributed by atoms with E-state index in [1.165, 1.54) is 0 Å². The highest BCUT2D eigenvalue weighted by molar-refractivity contribution is 6.02. The average Bonchev–Trinajstić information content (AvgIpc) is 3.01. The number of benzene rings is 1. The van der Waals surface area contributed by atoms with E-state index < -0.39 is 0 Å². The quantitative estimate of drug-likeness (QED) is 0.485. The molecule has 4 rings (SSSR count). The van der Waals surface area contributed by atoms with Gasteiger partial charge in [0.25, 0.3) is 0 Å². The maximum absolute atomic E-state index is 4.68. The van der Waals surface area contributed by atoms with Crippen LogP contribution < -0.4 is 0 Å². The molecule has 19 heavy (non-hydrogen) atoms. The van der Waals surface area contributed by atoms with E-state index >= 15 is 0 Å². The lowest BCUT2D eigenvalue weighted by molar-refractivity contribution is 0.853. The van der Waals surface area contributed by atoms with Crippen molar-refractivity contribution in [3.05, 3.63) is 61.1 Å². The lowest BCUT2D eigenvalue weighted by Crippen LogP contribution is -1.98. The summed E-state index contributed by atoms with van der Waals surface area (Å²) in [5.74, 6) is 0.802. The molecule has 0 spiro atoms. The molecular formula is C15H10N4. The van der Waals surface area contributed by atoms with Crippen LogP contribution in [0.4, 0.5) is 0 Å². The van der Waals surface area contributed by atoms with E-state index in [0.717, 1.165) is 27.6 Å². The van der Waals surface area contributed by atoms with Crippen LogP contribution >= 0.6 is 0 Å². The van der Waals surface area contributed by atoms with Crippen molar-refractivity contribution in [3.8, 4) is 5.82 Å². The molecule has 3 aromatic heterocycles. The van der Waals surface area contributed by atoms with E-state index in [9.17, 15) is 0 Å². The average molecular weight is 246 g/mol. The van der Waals surface area contributed by atoms with Gasteiger partial charge in [0.2, 0.25) is 0 Å². The third-order valence-electron chi connectivity index (χ3n) is 3.16. The topological polar surface area (TPSA) is 43.6 Å². The van der Waals surface area contributed by atoms with Gasteiger partial charge in [0, 0.05) is 29.4 Å². The molecule has 0 saturated carbocycles. The smallest absolute Gasteiger partial charge is 0.154 e. The fourth-order valence-corrected chi connectivity index (χ4v) is 2.25. The fourth-order valence-electron chi connectivity index (χ4n) is 2.25. The minimum Gasteiger partial charge on any atom is -0.254 e. The summed E-state index contributed by atoms with van der Waals surface area (Å²) in [6.07, 6.45) is 5.42. The van der Waals surface area contributed by atoms with Gasteiger partial charge in [-0.1, -0.05) is 18.2 Å². The van der Waals surface area contributed by atoms with Gasteiger partial charge >= 0.3 is 0 Å². The molecule has 1 aromatic carbocycles. The SMILES string of the molecule is c1cnc2c(c1)ccc1ccc(-n3cccn3)nc12. The number of aromatic nitrogens is 4. The maximum atomic E-state index is 4.68. The Hall–Kier alpha value is -2.75. The Morgan fingerprint density at radius 2 is 1.63 bits per heavy atom. The minimum absolute atomic E-state index is 0.802. The predicted octanol–water partition coefficient (Wildman–Crippen LogP) is 2.97. The monoisotopic (exact) mass is 246 g/mol. The number of fused-ring (bicyclic) bond motifs is 3. The van der Waals surface area contributed by atoms with Crippen molar-refractivity contribution in [2.24, 2.45) is 0 Å². The summed E-state index contributed by atoms with van der Waals surface area (Å²) in [5, 5.41) is 6.39. The van der Waals surface area contributed by atoms with Crippen LogP contribution in [-0.4, -0.2) is 19.7 Å². The second-order valence-electron chi connectivity index (χ2n) is 4.33. The highest BCUT2D eigenvalue weighted by atomic mass is 15.3. The molecule has 0 atom stereocenters. The van der Waals surface area contributed by atoms with Gasteiger partial charge in [-0.3, -0.25) is 4.98 Å². The summed E-state index contributed by atoms with van der Waals surface area (Å²) in [6.45, 7) is 0. The molecule has 4 heteroatoms. The zero-order chi connectivity index (χ0) is 12.7. The van der Waals surface area contributed by atoms with Crippen molar-refractivity contribution < 1.29 is 0 Å². The van der Waals surface area contributed by atoms with Crippen molar-refractivity contribution in [2.45, 2.75) is 0 Å². The second-order valence-corrected chi connectivity index (χ2v) is 4.33. The van der Waals surface area contributed by atoms with E-state index in [1.54, 1.807) is 17.1 Å². The first-order valence-electron chi connectivity index (χ1n) is 6.06. The van der Waals surface area contributed by atoms with E-state index in [2.05, 4.69) is 27.2 Å². The Labute approximate surface area is 109 Å². The second kappa shape index (κ2) is 3.88. The minimum atomic E-state index is 0.802. The molecule has 0 amide bonds. The molecule has 0 aliphatic rings. The molecule has 0 fully saturated rings. The van der Waals surface area contributed by atoms with Crippen LogP contribution in [0.3, 0.4) is 0 Å². The lowest BCUT2D eigenvalue weighted by atomic mass is 10.1. The molecule has 4 aromatic rings. The summed E-state index contributed by atoms with van der Waals surface area (Å²) in [4.78, 5) is 9.12. The standard InChI is InChI=1S/C15H10N4/c1-3-11-4-5-12-6-7-13(19-10-2-9-17-19)18-15(12)14(11)16-8-1/h1-10H. The first-order valence-corrected chi connectivity index (χ1v) is 6.06. The van der Waals surface area contributed by atoms with Gasteiger partial charge in [-0.05, 0) is 24.3 Å². The van der Waals surface area contributed by atoms with Gasteiger partial charge in [-0.15, -0.1) is 0 Å². The van der Waals surface area contributed by atoms with Crippen LogP contribution in [0.1, 0.15) is 0 Å². The molecule has 3 heterocycles. The van der Waals surface area contributed by atoms with Gasteiger partial charge in [-0.25, -0.2) is 9.67 Å². The zero-order valence-corrected chi connectivity index (χ0v) is 10.1. The van der Waals surface area contributed by atoms with Gasteiger partial charge in [0.05, 0.1) is 11.0 Å². The molecule has 0 aliphatic heterocycles. The van der Waals surface area contributed by atoms with Crippen molar-refractivity contribution >= 4 is 21.8 Å². The molecule has 0 bridgehead atoms. The first kappa shape index (κ1) is 10.2. The number of nitrogens with zero attached hydrogens (tertiary/aromatic N) is 4. The molecule has 4 nitrogen and oxygen atoms in total. The Morgan fingerprint density at radius 3 is 2.47 bits per heavy atom. The number of hydrogen-bond acceptors (Lipinski definition) is 3. The number of pyridine rings is 2. The molecule has 90 valence electrons. The number of hydrogen-bond donors (Lipinski definition) is 0. The van der Waals surface area contributed by atoms with Gasteiger partial charge in [0.15, 0.2) is 5.82 Å². The van der Waals surface area contributed by atoms with Crippen LogP contribution in [-0.2, 0) is 0 Å². The van der Waals surface area contributed by atoms with Crippen LogP contribution in [0.15, 0.2) is 61.1 Å². The summed E-state index contributed by atoms with van der Waals surface area (Å²) >= 11 is 0. The van der Waals surface area contributed by atoms with Gasteiger partial charge in [0.1, 0.15) is 0 Å². The first-order chi connectivity index (χ1) is 9.42. The van der Waals surface area contributed by atoms with Gasteiger partial charge in [-0.2, -0.15) is 5.10 Å². The molecule has 0 saturated heterocycles. The van der Waals surface area contributed by atoms with E-state index in [0.29, 0.717) is 0 Å². The van der Waals surface area contributed by atoms with Crippen LogP contribution in [0.2, 0.25) is 0 Å². The molecule has 0 N–H and O–H groups in total. The number of rotatable bonds is 1. The third kappa shape index (κ3) is 1.57. The molecule has 0 radical (unpaired) electrons. The Morgan fingerprint density at radius 1 is 0.789 bits per heavy atom. The van der Waals surface area contributed by atoms with Crippen molar-refractivity contribution in [2.75, 3.05) is 0 Å². The molecule has 0 aliphatic carbocycles. The highest BCUT2D eigenvalue weighted by Gasteiger charge is 2.05. The largest absolute Gasteiger partial charge is 0.254 e. The van der Waals surface area contributed by atoms with E-state index in [4.69, 9.17) is 0 Å². The lowest BCUT2D eigenvalue weighted by Gasteiger charge is -2.05. The summed E-state index contributed by atoms with van der Waals surface area (Å²) in [5.41, 5.74) is 1.83. The Balaban J connectivity index is 2.09. The summed E-state index contributed by atoms with van der Waals surface area (Å²) in [6, 6.07) is 14.0. The van der Waals surface area contributed by atoms with Crippen LogP contribution in [0, 0.1) is 0 Å². The van der Waals surface area contributed by atoms with E-state index in [1.807, 2.05) is 36.5 Å². The van der Waals surface area contributed by atoms with Crippen molar-refractivity contribution in [1.82, 2.24) is 19.7 Å². The highest BCUT2D eigenvalue weighted by Crippen LogP contribution is 2.22. The third-order valence-corrected chi connectivity index (χ3v) is 3.16. The zero-order valence-electron chi connectivity index (χ0n) is 10.1. The van der Waals surface area contributed by atoms with Crippen molar-refractivity contribution in [1.29, 1.82) is 0 Å². The van der Waals surface area contributed by atoms with Crippen LogP contribution in [0.25, 0.3) is 27.6 Å². The maximum Gasteiger partial charge on any atom is 0.154 e. The predicted molar refractivity (Wildman–Crippen MR) is 74.2 cm³/mol. The van der Waals surface area contributed by atoms with Crippen molar-refractivity contribution in [3.63, 3.8) is 0 Å².